The van der Waals surface area contributed by atoms with Crippen molar-refractivity contribution in [1.29, 1.82) is 0 Å². The number of unbranched alkanes of at least 4 members (excludes halogenated alkanes) is 3. The lowest BCUT2D eigenvalue weighted by atomic mass is 10.1. The molecule has 0 aromatic heterocycles. The van der Waals surface area contributed by atoms with E-state index in [4.69, 9.17) is 15.2 Å². The Balaban J connectivity index is 1.59. The standard InChI is InChI=1S/C19H25NO2/c1-21-19-15-17(20)12-13-18(19)22-14-8-3-2-5-9-16-10-6-4-7-11-16/h4,6-7,10-13,15H,2-3,5,8-9,14,20H2,1H3. The summed E-state index contributed by atoms with van der Waals surface area (Å²) in [5.74, 6) is 1.46. The highest BCUT2D eigenvalue weighted by molar-refractivity contribution is 5.51. The summed E-state index contributed by atoms with van der Waals surface area (Å²) >= 11 is 0. The molecule has 0 radical (unpaired) electrons. The van der Waals surface area contributed by atoms with Gasteiger partial charge >= 0.3 is 0 Å². The number of nitrogens with two attached hydrogens (primary N) is 1. The van der Waals surface area contributed by atoms with E-state index in [-0.39, 0.29) is 0 Å². The molecule has 2 rings (SSSR count). The molecule has 3 heteroatoms. The van der Waals surface area contributed by atoms with E-state index in [9.17, 15) is 0 Å². The fourth-order valence-corrected chi connectivity index (χ4v) is 2.41. The molecule has 0 atom stereocenters. The normalized spacial score (nSPS) is 10.4. The van der Waals surface area contributed by atoms with Crippen LogP contribution in [0.25, 0.3) is 0 Å². The molecule has 0 unspecified atom stereocenters. The largest absolute Gasteiger partial charge is 0.493 e. The molecule has 0 bridgehead atoms. The van der Waals surface area contributed by atoms with Crippen molar-refractivity contribution in [2.45, 2.75) is 32.1 Å². The van der Waals surface area contributed by atoms with E-state index in [2.05, 4.69) is 30.3 Å². The van der Waals surface area contributed by atoms with Crippen molar-refractivity contribution < 1.29 is 9.47 Å². The Kier molecular flexibility index (Phi) is 6.62. The van der Waals surface area contributed by atoms with Crippen molar-refractivity contribution >= 4 is 5.69 Å². The van der Waals surface area contributed by atoms with E-state index in [1.54, 1.807) is 13.2 Å². The van der Waals surface area contributed by atoms with Crippen LogP contribution in [-0.4, -0.2) is 13.7 Å². The highest BCUT2D eigenvalue weighted by Gasteiger charge is 2.04. The van der Waals surface area contributed by atoms with Crippen LogP contribution < -0.4 is 15.2 Å². The molecule has 0 aliphatic carbocycles. The van der Waals surface area contributed by atoms with E-state index in [0.717, 1.165) is 18.6 Å². The average molecular weight is 299 g/mol. The number of rotatable bonds is 9. The number of hydrogen-bond acceptors (Lipinski definition) is 3. The van der Waals surface area contributed by atoms with Gasteiger partial charge in [0, 0.05) is 11.8 Å². The number of benzene rings is 2. The number of nitrogen functional groups attached to an aromatic ring is 1. The fourth-order valence-electron chi connectivity index (χ4n) is 2.41. The number of methoxy groups -OCH3 is 1. The second kappa shape index (κ2) is 8.98. The Morgan fingerprint density at radius 1 is 0.864 bits per heavy atom. The lowest BCUT2D eigenvalue weighted by Gasteiger charge is -2.11. The van der Waals surface area contributed by atoms with Crippen LogP contribution in [0.3, 0.4) is 0 Å². The van der Waals surface area contributed by atoms with Crippen molar-refractivity contribution in [3.63, 3.8) is 0 Å². The zero-order chi connectivity index (χ0) is 15.6. The molecule has 0 heterocycles. The SMILES string of the molecule is COc1cc(N)ccc1OCCCCCCc1ccccc1. The van der Waals surface area contributed by atoms with Crippen LogP contribution in [0.15, 0.2) is 48.5 Å². The minimum atomic E-state index is 0.685. The number of hydrogen-bond donors (Lipinski definition) is 1. The summed E-state index contributed by atoms with van der Waals surface area (Å²) in [6.07, 6.45) is 5.87. The Bertz CT molecular complexity index is 555. The molecule has 0 saturated carbocycles. The van der Waals surface area contributed by atoms with Gasteiger partial charge in [-0.05, 0) is 37.0 Å². The Labute approximate surface area is 133 Å². The fraction of sp³-hybridized carbons (Fsp3) is 0.368. The molecule has 0 fully saturated rings. The number of ether oxygens (including phenoxy) is 2. The van der Waals surface area contributed by atoms with E-state index in [0.29, 0.717) is 18.0 Å². The van der Waals surface area contributed by atoms with Crippen LogP contribution in [0.2, 0.25) is 0 Å². The van der Waals surface area contributed by atoms with E-state index >= 15 is 0 Å². The molecule has 2 aromatic carbocycles. The first-order valence-electron chi connectivity index (χ1n) is 7.90. The number of aryl methyl sites for hydroxylation is 1. The van der Waals surface area contributed by atoms with Crippen LogP contribution in [0, 0.1) is 0 Å². The van der Waals surface area contributed by atoms with Gasteiger partial charge < -0.3 is 15.2 Å². The first-order chi connectivity index (χ1) is 10.8. The Hall–Kier alpha value is -2.16. The first kappa shape index (κ1) is 16.2. The summed E-state index contributed by atoms with van der Waals surface area (Å²) in [5.41, 5.74) is 7.83. The van der Waals surface area contributed by atoms with Gasteiger partial charge in [0.1, 0.15) is 0 Å². The average Bonchev–Trinajstić information content (AvgIpc) is 2.56. The lowest BCUT2D eigenvalue weighted by Crippen LogP contribution is -2.00. The van der Waals surface area contributed by atoms with E-state index < -0.39 is 0 Å². The minimum absolute atomic E-state index is 0.685. The molecule has 0 saturated heterocycles. The van der Waals surface area contributed by atoms with Crippen molar-refractivity contribution in [3.05, 3.63) is 54.1 Å². The highest BCUT2D eigenvalue weighted by atomic mass is 16.5. The third-order valence-electron chi connectivity index (χ3n) is 3.65. The molecule has 0 amide bonds. The van der Waals surface area contributed by atoms with Crippen LogP contribution >= 0.6 is 0 Å². The predicted molar refractivity (Wildman–Crippen MR) is 91.5 cm³/mol. The van der Waals surface area contributed by atoms with Gasteiger partial charge in [-0.15, -0.1) is 0 Å². The smallest absolute Gasteiger partial charge is 0.162 e. The van der Waals surface area contributed by atoms with E-state index in [1.165, 1.54) is 24.8 Å². The van der Waals surface area contributed by atoms with Crippen molar-refractivity contribution in [2.24, 2.45) is 0 Å². The van der Waals surface area contributed by atoms with Gasteiger partial charge in [0.05, 0.1) is 13.7 Å². The zero-order valence-electron chi connectivity index (χ0n) is 13.3. The van der Waals surface area contributed by atoms with Crippen molar-refractivity contribution in [3.8, 4) is 11.5 Å². The monoisotopic (exact) mass is 299 g/mol. The Morgan fingerprint density at radius 2 is 1.64 bits per heavy atom. The molecule has 2 N–H and O–H groups in total. The second-order valence-corrected chi connectivity index (χ2v) is 5.41. The van der Waals surface area contributed by atoms with Gasteiger partial charge in [0.2, 0.25) is 0 Å². The van der Waals surface area contributed by atoms with Crippen LogP contribution in [0.5, 0.6) is 11.5 Å². The first-order valence-corrected chi connectivity index (χ1v) is 7.90. The van der Waals surface area contributed by atoms with Gasteiger partial charge in [-0.1, -0.05) is 43.2 Å². The maximum Gasteiger partial charge on any atom is 0.162 e. The molecular formula is C19H25NO2. The summed E-state index contributed by atoms with van der Waals surface area (Å²) < 4.78 is 11.0. The highest BCUT2D eigenvalue weighted by Crippen LogP contribution is 2.29. The van der Waals surface area contributed by atoms with Crippen LogP contribution in [-0.2, 0) is 6.42 Å². The molecule has 2 aromatic rings. The van der Waals surface area contributed by atoms with Gasteiger partial charge in [-0.3, -0.25) is 0 Å². The minimum Gasteiger partial charge on any atom is -0.493 e. The zero-order valence-corrected chi connectivity index (χ0v) is 13.3. The summed E-state index contributed by atoms with van der Waals surface area (Å²) in [6.45, 7) is 0.714. The lowest BCUT2D eigenvalue weighted by molar-refractivity contribution is 0.285. The second-order valence-electron chi connectivity index (χ2n) is 5.41. The summed E-state index contributed by atoms with van der Waals surface area (Å²) in [7, 11) is 1.63. The molecule has 0 aliphatic heterocycles. The maximum absolute atomic E-state index is 5.77. The summed E-state index contributed by atoms with van der Waals surface area (Å²) in [5, 5.41) is 0. The van der Waals surface area contributed by atoms with Gasteiger partial charge in [-0.2, -0.15) is 0 Å². The van der Waals surface area contributed by atoms with E-state index in [1.807, 2.05) is 12.1 Å². The molecule has 0 aliphatic rings. The molecule has 0 spiro atoms. The molecule has 3 nitrogen and oxygen atoms in total. The Morgan fingerprint density at radius 3 is 2.41 bits per heavy atom. The quantitative estimate of drug-likeness (QED) is 0.549. The summed E-state index contributed by atoms with van der Waals surface area (Å²) in [6, 6.07) is 16.1. The summed E-state index contributed by atoms with van der Waals surface area (Å²) in [4.78, 5) is 0. The topological polar surface area (TPSA) is 44.5 Å². The molecule has 22 heavy (non-hydrogen) atoms. The van der Waals surface area contributed by atoms with Crippen molar-refractivity contribution in [1.82, 2.24) is 0 Å². The van der Waals surface area contributed by atoms with Crippen molar-refractivity contribution in [2.75, 3.05) is 19.5 Å². The maximum atomic E-state index is 5.77. The number of anilines is 1. The predicted octanol–water partition coefficient (Wildman–Crippen LogP) is 4.46. The molecule has 118 valence electrons. The van der Waals surface area contributed by atoms with Crippen LogP contribution in [0.4, 0.5) is 5.69 Å². The third-order valence-corrected chi connectivity index (χ3v) is 3.65. The van der Waals surface area contributed by atoms with Gasteiger partial charge in [0.25, 0.3) is 0 Å². The van der Waals surface area contributed by atoms with Crippen LogP contribution in [0.1, 0.15) is 31.2 Å². The molecular weight excluding hydrogens is 274 g/mol. The third kappa shape index (κ3) is 5.32. The van der Waals surface area contributed by atoms with Gasteiger partial charge in [0.15, 0.2) is 11.5 Å². The van der Waals surface area contributed by atoms with Gasteiger partial charge in [-0.25, -0.2) is 0 Å².